The van der Waals surface area contributed by atoms with E-state index in [2.05, 4.69) is 110 Å². The van der Waals surface area contributed by atoms with Gasteiger partial charge in [0.1, 0.15) is 11.6 Å². The van der Waals surface area contributed by atoms with Crippen LogP contribution in [0.4, 0.5) is 0 Å². The number of aromatic amines is 2. The van der Waals surface area contributed by atoms with Crippen LogP contribution in [-0.2, 0) is 12.8 Å². The minimum Gasteiger partial charge on any atom is -0.342 e. The maximum Gasteiger partial charge on any atom is 0.107 e. The summed E-state index contributed by atoms with van der Waals surface area (Å²) in [6, 6.07) is 26.8. The van der Waals surface area contributed by atoms with Crippen LogP contribution in [0, 0.1) is 11.8 Å². The van der Waals surface area contributed by atoms with Crippen LogP contribution in [0.1, 0.15) is 66.0 Å². The highest BCUT2D eigenvalue weighted by Gasteiger charge is 2.12. The molecule has 2 aromatic heterocycles. The van der Waals surface area contributed by atoms with Gasteiger partial charge in [0.15, 0.2) is 0 Å². The molecule has 2 heterocycles. The standard InChI is InChI=1S/C36H42N6.C2H6/c1-21(23(3)37)5-15-35-39-31-13-11-29(19-33(31)41-35)27-9-7-26-18-28(10-8-25(26)17-27)30-12-14-32-34(20-30)42-36(40-32)16-6-22(2)24(4)38;1-2/h7-14,17-24H,5-6,15-16,37-38H2,1-4H3,(H,39,41)(H,40,42);1-2H3/t21-,22?,23?,24-;/m1./s1. The topological polar surface area (TPSA) is 109 Å². The molecule has 0 amide bonds. The largest absolute Gasteiger partial charge is 0.342 e. The van der Waals surface area contributed by atoms with Crippen LogP contribution < -0.4 is 11.5 Å². The number of nitrogens with two attached hydrogens (primary N) is 2. The number of benzene rings is 4. The average molecular weight is 589 g/mol. The molecule has 6 N–H and O–H groups in total. The van der Waals surface area contributed by atoms with E-state index < -0.39 is 0 Å². The van der Waals surface area contributed by atoms with Crippen LogP contribution >= 0.6 is 0 Å². The van der Waals surface area contributed by atoms with Crippen LogP contribution in [0.25, 0.3) is 55.1 Å². The molecule has 0 spiro atoms. The highest BCUT2D eigenvalue weighted by molar-refractivity contribution is 5.93. The van der Waals surface area contributed by atoms with Crippen molar-refractivity contribution in [1.82, 2.24) is 19.9 Å². The molecule has 2 unspecified atom stereocenters. The van der Waals surface area contributed by atoms with Crippen LogP contribution in [0.15, 0.2) is 72.8 Å². The number of aryl methyl sites for hydroxylation is 2. The van der Waals surface area contributed by atoms with Gasteiger partial charge in [-0.05, 0) is 108 Å². The van der Waals surface area contributed by atoms with Gasteiger partial charge in [-0.1, -0.05) is 64.1 Å². The summed E-state index contributed by atoms with van der Waals surface area (Å²) in [6.07, 6.45) is 3.88. The van der Waals surface area contributed by atoms with E-state index in [9.17, 15) is 0 Å². The van der Waals surface area contributed by atoms with Gasteiger partial charge in [0.05, 0.1) is 22.1 Å². The molecule has 0 aliphatic rings. The molecular weight excluding hydrogens is 540 g/mol. The highest BCUT2D eigenvalue weighted by Crippen LogP contribution is 2.31. The highest BCUT2D eigenvalue weighted by atomic mass is 14.9. The SMILES string of the molecule is CC.CC(N)[C@H](C)CCc1nc2ccc(-c3ccc4cc(-c5ccc6nc(CCC(C)[C@@H](C)N)[nH]c6c5)ccc4c3)cc2[nH]1. The van der Waals surface area contributed by atoms with E-state index in [1.165, 1.54) is 33.0 Å². The molecule has 230 valence electrons. The lowest BCUT2D eigenvalue weighted by molar-refractivity contribution is 0.447. The van der Waals surface area contributed by atoms with Crippen LogP contribution in [0.2, 0.25) is 0 Å². The summed E-state index contributed by atoms with van der Waals surface area (Å²) in [7, 11) is 0. The van der Waals surface area contributed by atoms with Crippen molar-refractivity contribution in [2.24, 2.45) is 23.3 Å². The van der Waals surface area contributed by atoms with Gasteiger partial charge < -0.3 is 21.4 Å². The molecule has 6 nitrogen and oxygen atoms in total. The third-order valence-electron chi connectivity index (χ3n) is 9.04. The Bertz CT molecular complexity index is 1710. The van der Waals surface area contributed by atoms with E-state index in [1.54, 1.807) is 0 Å². The minimum absolute atomic E-state index is 0.197. The van der Waals surface area contributed by atoms with Gasteiger partial charge in [0.25, 0.3) is 0 Å². The first-order valence-electron chi connectivity index (χ1n) is 16.3. The monoisotopic (exact) mass is 588 g/mol. The summed E-state index contributed by atoms with van der Waals surface area (Å²) in [5, 5.41) is 2.44. The van der Waals surface area contributed by atoms with E-state index in [0.29, 0.717) is 11.8 Å². The van der Waals surface area contributed by atoms with E-state index in [1.807, 2.05) is 13.8 Å². The molecule has 0 aliphatic carbocycles. The Kier molecular flexibility index (Phi) is 9.82. The number of hydrogen-bond donors (Lipinski definition) is 4. The number of nitrogens with zero attached hydrogens (tertiary/aromatic N) is 2. The molecule has 0 radical (unpaired) electrons. The predicted octanol–water partition coefficient (Wildman–Crippen LogP) is 8.78. The van der Waals surface area contributed by atoms with Crippen LogP contribution in [-0.4, -0.2) is 32.0 Å². The van der Waals surface area contributed by atoms with Gasteiger partial charge in [-0.2, -0.15) is 0 Å². The summed E-state index contributed by atoms with van der Waals surface area (Å²) >= 11 is 0. The number of H-pyrrole nitrogens is 2. The summed E-state index contributed by atoms with van der Waals surface area (Å²) in [6.45, 7) is 12.5. The molecule has 44 heavy (non-hydrogen) atoms. The molecule has 4 aromatic carbocycles. The second-order valence-electron chi connectivity index (χ2n) is 12.4. The normalized spacial score (nSPS) is 14.4. The number of nitrogens with one attached hydrogen (secondary N) is 2. The lowest BCUT2D eigenvalue weighted by Gasteiger charge is -2.13. The molecular formula is C38H48N6. The van der Waals surface area contributed by atoms with E-state index in [-0.39, 0.29) is 12.1 Å². The number of rotatable bonds is 10. The Morgan fingerprint density at radius 2 is 0.909 bits per heavy atom. The van der Waals surface area contributed by atoms with Crippen molar-refractivity contribution in [1.29, 1.82) is 0 Å². The van der Waals surface area contributed by atoms with Crippen molar-refractivity contribution in [3.05, 3.63) is 84.4 Å². The van der Waals surface area contributed by atoms with Crippen molar-refractivity contribution in [3.8, 4) is 22.3 Å². The molecule has 6 heteroatoms. The Labute approximate surface area is 261 Å². The molecule has 0 saturated carbocycles. The number of fused-ring (bicyclic) bond motifs is 3. The Balaban J connectivity index is 0.00000188. The third-order valence-corrected chi connectivity index (χ3v) is 9.04. The molecule has 0 fully saturated rings. The van der Waals surface area contributed by atoms with Crippen molar-refractivity contribution in [3.63, 3.8) is 0 Å². The first kappa shape index (κ1) is 31.4. The smallest absolute Gasteiger partial charge is 0.107 e. The maximum absolute atomic E-state index is 6.04. The zero-order valence-corrected chi connectivity index (χ0v) is 27.1. The Morgan fingerprint density at radius 1 is 0.545 bits per heavy atom. The number of hydrogen-bond acceptors (Lipinski definition) is 4. The summed E-state index contributed by atoms with van der Waals surface area (Å²) < 4.78 is 0. The fraction of sp³-hybridized carbons (Fsp3) is 0.368. The lowest BCUT2D eigenvalue weighted by atomic mass is 9.97. The van der Waals surface area contributed by atoms with E-state index in [0.717, 1.165) is 59.4 Å². The Hall–Kier alpha value is -4.00. The number of imidazole rings is 2. The van der Waals surface area contributed by atoms with E-state index >= 15 is 0 Å². The maximum atomic E-state index is 6.04. The molecule has 0 aliphatic heterocycles. The first-order valence-corrected chi connectivity index (χ1v) is 16.3. The fourth-order valence-corrected chi connectivity index (χ4v) is 5.58. The van der Waals surface area contributed by atoms with Crippen LogP contribution in [0.3, 0.4) is 0 Å². The van der Waals surface area contributed by atoms with Crippen LogP contribution in [0.5, 0.6) is 0 Å². The van der Waals surface area contributed by atoms with Gasteiger partial charge in [0, 0.05) is 24.9 Å². The molecule has 0 saturated heterocycles. The average Bonchev–Trinajstić information content (AvgIpc) is 3.65. The molecule has 6 rings (SSSR count). The Morgan fingerprint density at radius 3 is 1.30 bits per heavy atom. The quantitative estimate of drug-likeness (QED) is 0.128. The zero-order chi connectivity index (χ0) is 31.4. The molecule has 0 bridgehead atoms. The van der Waals surface area contributed by atoms with Crippen molar-refractivity contribution in [2.45, 2.75) is 79.3 Å². The van der Waals surface area contributed by atoms with Crippen molar-refractivity contribution < 1.29 is 0 Å². The van der Waals surface area contributed by atoms with Crippen molar-refractivity contribution >= 4 is 32.8 Å². The van der Waals surface area contributed by atoms with Gasteiger partial charge in [-0.3, -0.25) is 0 Å². The predicted molar refractivity (Wildman–Crippen MR) is 188 cm³/mol. The zero-order valence-electron chi connectivity index (χ0n) is 27.1. The minimum atomic E-state index is 0.197. The van der Waals surface area contributed by atoms with Crippen molar-refractivity contribution in [2.75, 3.05) is 0 Å². The van der Waals surface area contributed by atoms with E-state index in [4.69, 9.17) is 21.4 Å². The molecule has 6 aromatic rings. The summed E-state index contributed by atoms with van der Waals surface area (Å²) in [4.78, 5) is 16.7. The first-order chi connectivity index (χ1) is 21.2. The third kappa shape index (κ3) is 7.03. The lowest BCUT2D eigenvalue weighted by Crippen LogP contribution is -2.24. The van der Waals surface area contributed by atoms with Gasteiger partial charge in [-0.15, -0.1) is 0 Å². The second-order valence-corrected chi connectivity index (χ2v) is 12.4. The molecule has 4 atom stereocenters. The van der Waals surface area contributed by atoms with Gasteiger partial charge in [0.2, 0.25) is 0 Å². The van der Waals surface area contributed by atoms with Gasteiger partial charge in [-0.25, -0.2) is 9.97 Å². The van der Waals surface area contributed by atoms with Gasteiger partial charge >= 0.3 is 0 Å². The summed E-state index contributed by atoms with van der Waals surface area (Å²) in [5.74, 6) is 3.00. The fourth-order valence-electron chi connectivity index (χ4n) is 5.58. The second kappa shape index (κ2) is 13.7. The summed E-state index contributed by atoms with van der Waals surface area (Å²) in [5.41, 5.74) is 21.0. The number of aromatic nitrogens is 4.